The molecule has 2 aromatic carbocycles. The summed E-state index contributed by atoms with van der Waals surface area (Å²) in [6, 6.07) is 11.1. The number of anilines is 2. The summed E-state index contributed by atoms with van der Waals surface area (Å²) in [5, 5.41) is 22.3. The van der Waals surface area contributed by atoms with Gasteiger partial charge in [-0.25, -0.2) is 4.79 Å². The van der Waals surface area contributed by atoms with E-state index in [1.54, 1.807) is 45.0 Å². The summed E-state index contributed by atoms with van der Waals surface area (Å²) in [6.07, 6.45) is -0.264. The lowest BCUT2D eigenvalue weighted by Crippen LogP contribution is -2.34. The van der Waals surface area contributed by atoms with Gasteiger partial charge in [-0.1, -0.05) is 23.5 Å². The van der Waals surface area contributed by atoms with E-state index in [1.807, 2.05) is 0 Å². The molecular formula is C24H27N3O7S. The number of nitrogens with one attached hydrogen (secondary N) is 2. The molecule has 0 aliphatic heterocycles. The Hall–Kier alpha value is -3.99. The number of aromatic hydroxyl groups is 2. The first-order valence-corrected chi connectivity index (χ1v) is 11.4. The van der Waals surface area contributed by atoms with Gasteiger partial charge in [-0.2, -0.15) is 0 Å². The highest BCUT2D eigenvalue weighted by Gasteiger charge is 2.23. The first-order valence-electron chi connectivity index (χ1n) is 10.6. The number of carbonyl (C=O) groups is 2. The minimum atomic E-state index is -0.712. The number of H-pyrrole nitrogens is 1. The third-order valence-corrected chi connectivity index (χ3v) is 5.51. The summed E-state index contributed by atoms with van der Waals surface area (Å²) >= 11 is 0.943. The number of carbonyl (C=O) groups excluding carboxylic acids is 2. The molecule has 0 radical (unpaired) electrons. The Kier molecular flexibility index (Phi) is 7.70. The molecule has 11 heteroatoms. The molecule has 1 heterocycles. The van der Waals surface area contributed by atoms with Crippen molar-refractivity contribution in [1.82, 2.24) is 4.98 Å². The molecule has 2 amide bonds. The Morgan fingerprint density at radius 1 is 1.11 bits per heavy atom. The molecule has 0 unspecified atom stereocenters. The maximum Gasteiger partial charge on any atom is 0.414 e. The molecule has 1 aromatic heterocycles. The lowest BCUT2D eigenvalue weighted by molar-refractivity contribution is -0.118. The Morgan fingerprint density at radius 2 is 1.80 bits per heavy atom. The number of hydrogen-bond acceptors (Lipinski definition) is 8. The average molecular weight is 502 g/mol. The number of thiazole rings is 1. The fourth-order valence-electron chi connectivity index (χ4n) is 3.03. The van der Waals surface area contributed by atoms with Crippen LogP contribution < -0.4 is 19.8 Å². The lowest BCUT2D eigenvalue weighted by Gasteiger charge is -2.26. The maximum atomic E-state index is 12.5. The van der Waals surface area contributed by atoms with Crippen molar-refractivity contribution < 1.29 is 29.3 Å². The highest BCUT2D eigenvalue weighted by molar-refractivity contribution is 7.09. The van der Waals surface area contributed by atoms with Crippen LogP contribution in [0.2, 0.25) is 0 Å². The lowest BCUT2D eigenvalue weighted by atomic mass is 10.1. The van der Waals surface area contributed by atoms with Gasteiger partial charge in [0.2, 0.25) is 5.88 Å². The van der Waals surface area contributed by atoms with Crippen LogP contribution in [0.3, 0.4) is 0 Å². The van der Waals surface area contributed by atoms with Crippen LogP contribution in [0.25, 0.3) is 0 Å². The summed E-state index contributed by atoms with van der Waals surface area (Å²) in [4.78, 5) is 40.0. The van der Waals surface area contributed by atoms with Gasteiger partial charge in [0.25, 0.3) is 5.91 Å². The van der Waals surface area contributed by atoms with Crippen LogP contribution in [0.15, 0.2) is 47.3 Å². The maximum absolute atomic E-state index is 12.5. The number of aromatic amines is 1. The molecule has 186 valence electrons. The standard InChI is InChI=1S/C24H27N3O7S/c1-24(2,3)34-23(32)27(4)18-12-15(28)7-10-17(18)25-20(29)13-33-16-8-5-14(6-9-16)11-19-21(30)26-22(31)35-19/h5-10,12,28,30H,11,13H2,1-4H3,(H,25,29)(H,26,31). The Bertz CT molecular complexity index is 1260. The van der Waals surface area contributed by atoms with Crippen molar-refractivity contribution in [1.29, 1.82) is 0 Å². The number of amides is 2. The summed E-state index contributed by atoms with van der Waals surface area (Å²) in [7, 11) is 1.47. The summed E-state index contributed by atoms with van der Waals surface area (Å²) < 4.78 is 10.9. The van der Waals surface area contributed by atoms with Crippen molar-refractivity contribution in [2.75, 3.05) is 23.9 Å². The van der Waals surface area contributed by atoms with E-state index >= 15 is 0 Å². The number of rotatable bonds is 7. The van der Waals surface area contributed by atoms with Gasteiger partial charge in [0.1, 0.15) is 17.1 Å². The number of benzene rings is 2. The Labute approximate surface area is 205 Å². The van der Waals surface area contributed by atoms with Crippen LogP contribution >= 0.6 is 11.3 Å². The number of hydrogen-bond donors (Lipinski definition) is 4. The molecule has 0 fully saturated rings. The fourth-order valence-corrected chi connectivity index (χ4v) is 3.79. The number of nitrogens with zero attached hydrogens (tertiary/aromatic N) is 1. The fraction of sp³-hybridized carbons (Fsp3) is 0.292. The molecule has 10 nitrogen and oxygen atoms in total. The second kappa shape index (κ2) is 10.5. The summed E-state index contributed by atoms with van der Waals surface area (Å²) in [6.45, 7) is 4.91. The van der Waals surface area contributed by atoms with Crippen LogP contribution in [0.5, 0.6) is 17.4 Å². The van der Waals surface area contributed by atoms with Crippen molar-refractivity contribution in [2.45, 2.75) is 32.8 Å². The van der Waals surface area contributed by atoms with Crippen LogP contribution in [0.1, 0.15) is 31.2 Å². The van der Waals surface area contributed by atoms with Gasteiger partial charge in [0.15, 0.2) is 6.61 Å². The third-order valence-electron chi connectivity index (χ3n) is 4.64. The minimum Gasteiger partial charge on any atom is -0.508 e. The predicted molar refractivity (Wildman–Crippen MR) is 133 cm³/mol. The van der Waals surface area contributed by atoms with Crippen molar-refractivity contribution >= 4 is 34.7 Å². The molecule has 0 spiro atoms. The van der Waals surface area contributed by atoms with Gasteiger partial charge in [-0.05, 0) is 50.6 Å². The largest absolute Gasteiger partial charge is 0.508 e. The molecular weight excluding hydrogens is 474 g/mol. The van der Waals surface area contributed by atoms with Crippen molar-refractivity contribution in [2.24, 2.45) is 0 Å². The van der Waals surface area contributed by atoms with Gasteiger partial charge >= 0.3 is 11.0 Å². The van der Waals surface area contributed by atoms with E-state index in [0.29, 0.717) is 22.7 Å². The monoisotopic (exact) mass is 501 g/mol. The van der Waals surface area contributed by atoms with Gasteiger partial charge in [-0.15, -0.1) is 0 Å². The smallest absolute Gasteiger partial charge is 0.414 e. The number of phenols is 1. The molecule has 0 saturated heterocycles. The first kappa shape index (κ1) is 25.6. The van der Waals surface area contributed by atoms with Crippen LogP contribution in [0.4, 0.5) is 16.2 Å². The van der Waals surface area contributed by atoms with E-state index in [9.17, 15) is 24.6 Å². The Balaban J connectivity index is 1.61. The third kappa shape index (κ3) is 7.24. The van der Waals surface area contributed by atoms with Crippen molar-refractivity contribution in [3.05, 3.63) is 62.6 Å². The highest BCUT2D eigenvalue weighted by Crippen LogP contribution is 2.30. The molecule has 0 aliphatic carbocycles. The van der Waals surface area contributed by atoms with E-state index < -0.39 is 17.6 Å². The Morgan fingerprint density at radius 3 is 2.40 bits per heavy atom. The molecule has 0 aliphatic rings. The summed E-state index contributed by atoms with van der Waals surface area (Å²) in [5.74, 6) is -0.235. The second-order valence-electron chi connectivity index (χ2n) is 8.68. The van der Waals surface area contributed by atoms with E-state index in [1.165, 1.54) is 30.1 Å². The summed E-state index contributed by atoms with van der Waals surface area (Å²) in [5.41, 5.74) is 0.695. The molecule has 0 bridgehead atoms. The van der Waals surface area contributed by atoms with E-state index in [4.69, 9.17) is 9.47 Å². The zero-order valence-corrected chi connectivity index (χ0v) is 20.6. The molecule has 4 N–H and O–H groups in total. The molecule has 3 rings (SSSR count). The topological polar surface area (TPSA) is 141 Å². The highest BCUT2D eigenvalue weighted by atomic mass is 32.1. The number of ether oxygens (including phenoxy) is 2. The van der Waals surface area contributed by atoms with E-state index in [0.717, 1.165) is 16.9 Å². The first-order chi connectivity index (χ1) is 16.4. The average Bonchev–Trinajstić information content (AvgIpc) is 3.09. The zero-order valence-electron chi connectivity index (χ0n) is 19.7. The van der Waals surface area contributed by atoms with Crippen molar-refractivity contribution in [3.63, 3.8) is 0 Å². The van der Waals surface area contributed by atoms with Gasteiger partial charge in [0, 0.05) is 19.5 Å². The number of aromatic nitrogens is 1. The van der Waals surface area contributed by atoms with Gasteiger partial charge in [-0.3, -0.25) is 19.5 Å². The SMILES string of the molecule is CN(C(=O)OC(C)(C)C)c1cc(O)ccc1NC(=O)COc1ccc(Cc2sc(=O)[nH]c2O)cc1. The van der Waals surface area contributed by atoms with Gasteiger partial charge in [0.05, 0.1) is 16.3 Å². The molecule has 0 atom stereocenters. The minimum absolute atomic E-state index is 0.0787. The van der Waals surface area contributed by atoms with Gasteiger partial charge < -0.3 is 25.0 Å². The number of phenolic OH excluding ortho intramolecular Hbond substituents is 1. The van der Waals surface area contributed by atoms with Crippen LogP contribution in [-0.4, -0.2) is 46.5 Å². The molecule has 3 aromatic rings. The van der Waals surface area contributed by atoms with Crippen molar-refractivity contribution in [3.8, 4) is 17.4 Å². The van der Waals surface area contributed by atoms with E-state index in [-0.39, 0.29) is 28.8 Å². The normalized spacial score (nSPS) is 11.1. The van der Waals surface area contributed by atoms with Crippen LogP contribution in [-0.2, 0) is 16.0 Å². The quantitative estimate of drug-likeness (QED) is 0.361. The van der Waals surface area contributed by atoms with Crippen LogP contribution in [0, 0.1) is 0 Å². The zero-order chi connectivity index (χ0) is 25.8. The molecule has 35 heavy (non-hydrogen) atoms. The molecule has 0 saturated carbocycles. The predicted octanol–water partition coefficient (Wildman–Crippen LogP) is 3.83. The van der Waals surface area contributed by atoms with E-state index in [2.05, 4.69) is 10.3 Å². The second-order valence-corrected chi connectivity index (χ2v) is 9.75.